The van der Waals surface area contributed by atoms with Crippen molar-refractivity contribution < 1.29 is 4.39 Å². The Hall–Kier alpha value is -1.87. The van der Waals surface area contributed by atoms with Crippen LogP contribution in [0.3, 0.4) is 0 Å². The van der Waals surface area contributed by atoms with Crippen molar-refractivity contribution in [3.05, 3.63) is 59.0 Å². The molecule has 1 saturated carbocycles. The Morgan fingerprint density at radius 2 is 2.20 bits per heavy atom. The van der Waals surface area contributed by atoms with Crippen LogP contribution in [0.5, 0.6) is 0 Å². The molecule has 0 N–H and O–H groups in total. The van der Waals surface area contributed by atoms with Crippen LogP contribution >= 0.6 is 11.6 Å². The molecule has 1 heterocycles. The van der Waals surface area contributed by atoms with E-state index in [1.165, 1.54) is 6.07 Å². The minimum Gasteiger partial charge on any atom is -0.329 e. The Labute approximate surface area is 154 Å². The standard InChI is InChI=1S/C21H24ClFN2/c1-4-24-21-18(14(2)3)9-10-25(21)17-7-5-15(12-17)11-16-6-8-20(23)19(22)13-16/h4,6,8-10,13,15,17H,2,5,7,11-12H2,1,3H3/b24-4-. The first-order chi connectivity index (χ1) is 12.0. The maximum atomic E-state index is 13.3. The topological polar surface area (TPSA) is 17.3 Å². The zero-order chi connectivity index (χ0) is 18.0. The second-order valence-corrected chi connectivity index (χ2v) is 7.32. The normalized spacial score (nSPS) is 20.5. The van der Waals surface area contributed by atoms with Gasteiger partial charge in [-0.05, 0) is 74.8 Å². The van der Waals surface area contributed by atoms with E-state index in [-0.39, 0.29) is 10.8 Å². The van der Waals surface area contributed by atoms with Crippen molar-refractivity contribution in [3.8, 4) is 0 Å². The largest absolute Gasteiger partial charge is 0.329 e. The molecule has 0 saturated heterocycles. The number of hydrogen-bond acceptors (Lipinski definition) is 1. The SMILES string of the molecule is C=C(C)c1ccn(C2CCC(Cc3ccc(F)c(Cl)c3)C2)c1/N=C\C. The number of allylic oxidation sites excluding steroid dienone is 1. The van der Waals surface area contributed by atoms with E-state index in [0.717, 1.165) is 48.2 Å². The molecular formula is C21H24ClFN2. The Bertz CT molecular complexity index is 806. The molecular weight excluding hydrogens is 335 g/mol. The molecule has 25 heavy (non-hydrogen) atoms. The molecule has 132 valence electrons. The minimum absolute atomic E-state index is 0.211. The number of halogens is 2. The summed E-state index contributed by atoms with van der Waals surface area (Å²) in [5.74, 6) is 1.24. The summed E-state index contributed by atoms with van der Waals surface area (Å²) in [6, 6.07) is 7.62. The Balaban J connectivity index is 1.74. The van der Waals surface area contributed by atoms with Crippen molar-refractivity contribution in [2.45, 2.75) is 45.6 Å². The van der Waals surface area contributed by atoms with Gasteiger partial charge in [-0.25, -0.2) is 9.38 Å². The molecule has 1 aromatic carbocycles. The maximum absolute atomic E-state index is 13.3. The second kappa shape index (κ2) is 7.57. The molecule has 1 aliphatic carbocycles. The van der Waals surface area contributed by atoms with Gasteiger partial charge in [0, 0.05) is 24.0 Å². The first kappa shape index (κ1) is 17.9. The van der Waals surface area contributed by atoms with Crippen molar-refractivity contribution in [2.75, 3.05) is 0 Å². The Morgan fingerprint density at radius 1 is 1.40 bits per heavy atom. The summed E-state index contributed by atoms with van der Waals surface area (Å²) < 4.78 is 15.6. The van der Waals surface area contributed by atoms with Gasteiger partial charge in [-0.1, -0.05) is 24.2 Å². The van der Waals surface area contributed by atoms with Crippen LogP contribution < -0.4 is 0 Å². The van der Waals surface area contributed by atoms with Gasteiger partial charge in [0.05, 0.1) is 5.02 Å². The number of aromatic nitrogens is 1. The van der Waals surface area contributed by atoms with E-state index >= 15 is 0 Å². The van der Waals surface area contributed by atoms with E-state index in [9.17, 15) is 4.39 Å². The highest BCUT2D eigenvalue weighted by Gasteiger charge is 2.28. The number of aliphatic imine (C=N–C) groups is 1. The summed E-state index contributed by atoms with van der Waals surface area (Å²) in [5, 5.41) is 0.211. The number of nitrogens with zero attached hydrogens (tertiary/aromatic N) is 2. The zero-order valence-corrected chi connectivity index (χ0v) is 15.6. The highest BCUT2D eigenvalue weighted by Crippen LogP contribution is 2.41. The molecule has 3 rings (SSSR count). The molecule has 2 aromatic rings. The molecule has 0 bridgehead atoms. The van der Waals surface area contributed by atoms with E-state index in [0.29, 0.717) is 12.0 Å². The van der Waals surface area contributed by atoms with Crippen LogP contribution in [0.25, 0.3) is 5.57 Å². The number of rotatable bonds is 5. The first-order valence-electron chi connectivity index (χ1n) is 8.79. The lowest BCUT2D eigenvalue weighted by molar-refractivity contribution is 0.478. The van der Waals surface area contributed by atoms with E-state index < -0.39 is 0 Å². The monoisotopic (exact) mass is 358 g/mol. The average Bonchev–Trinajstić information content (AvgIpc) is 3.18. The lowest BCUT2D eigenvalue weighted by atomic mass is 9.98. The molecule has 1 aromatic heterocycles. The van der Waals surface area contributed by atoms with Crippen LogP contribution in [0.1, 0.15) is 50.3 Å². The lowest BCUT2D eigenvalue weighted by Gasteiger charge is -2.16. The van der Waals surface area contributed by atoms with E-state index in [4.69, 9.17) is 11.6 Å². The average molecular weight is 359 g/mol. The number of benzene rings is 1. The van der Waals surface area contributed by atoms with Gasteiger partial charge in [0.1, 0.15) is 11.6 Å². The van der Waals surface area contributed by atoms with Crippen molar-refractivity contribution in [2.24, 2.45) is 10.9 Å². The van der Waals surface area contributed by atoms with Crippen LogP contribution in [-0.2, 0) is 6.42 Å². The molecule has 2 nitrogen and oxygen atoms in total. The summed E-state index contributed by atoms with van der Waals surface area (Å²) in [6.45, 7) is 8.02. The van der Waals surface area contributed by atoms with Gasteiger partial charge in [0.15, 0.2) is 0 Å². The summed E-state index contributed by atoms with van der Waals surface area (Å²) in [5.41, 5.74) is 3.26. The predicted octanol–water partition coefficient (Wildman–Crippen LogP) is 6.62. The summed E-state index contributed by atoms with van der Waals surface area (Å²) in [7, 11) is 0. The number of hydrogen-bond donors (Lipinski definition) is 0. The molecule has 2 atom stereocenters. The fourth-order valence-corrected chi connectivity index (χ4v) is 4.02. The summed E-state index contributed by atoms with van der Waals surface area (Å²) in [4.78, 5) is 4.58. The second-order valence-electron chi connectivity index (χ2n) is 6.91. The van der Waals surface area contributed by atoms with Gasteiger partial charge in [0.2, 0.25) is 0 Å². The van der Waals surface area contributed by atoms with Crippen LogP contribution in [-0.4, -0.2) is 10.8 Å². The van der Waals surface area contributed by atoms with Gasteiger partial charge >= 0.3 is 0 Å². The van der Waals surface area contributed by atoms with Crippen LogP contribution in [0.15, 0.2) is 42.0 Å². The van der Waals surface area contributed by atoms with Gasteiger partial charge in [-0.15, -0.1) is 0 Å². The third-order valence-electron chi connectivity index (χ3n) is 5.01. The van der Waals surface area contributed by atoms with E-state index in [2.05, 4.69) is 28.4 Å². The highest BCUT2D eigenvalue weighted by molar-refractivity contribution is 6.30. The van der Waals surface area contributed by atoms with Crippen molar-refractivity contribution in [1.82, 2.24) is 4.57 Å². The van der Waals surface area contributed by atoms with Gasteiger partial charge < -0.3 is 4.57 Å². The van der Waals surface area contributed by atoms with E-state index in [1.54, 1.807) is 6.07 Å². The van der Waals surface area contributed by atoms with Gasteiger partial charge in [0.25, 0.3) is 0 Å². The molecule has 0 radical (unpaired) electrons. The van der Waals surface area contributed by atoms with Crippen molar-refractivity contribution in [1.29, 1.82) is 0 Å². The molecule has 0 amide bonds. The smallest absolute Gasteiger partial charge is 0.141 e. The molecule has 1 fully saturated rings. The molecule has 4 heteroatoms. The third-order valence-corrected chi connectivity index (χ3v) is 5.30. The minimum atomic E-state index is -0.351. The van der Waals surface area contributed by atoms with Crippen molar-refractivity contribution >= 4 is 29.2 Å². The van der Waals surface area contributed by atoms with Crippen LogP contribution in [0, 0.1) is 11.7 Å². The fraction of sp³-hybridized carbons (Fsp3) is 0.381. The molecule has 0 spiro atoms. The molecule has 1 aliphatic rings. The highest BCUT2D eigenvalue weighted by atomic mass is 35.5. The Kier molecular flexibility index (Phi) is 5.43. The third kappa shape index (κ3) is 3.87. The maximum Gasteiger partial charge on any atom is 0.141 e. The predicted molar refractivity (Wildman–Crippen MR) is 104 cm³/mol. The van der Waals surface area contributed by atoms with Crippen LogP contribution in [0.4, 0.5) is 10.2 Å². The molecule has 0 aliphatic heterocycles. The lowest BCUT2D eigenvalue weighted by Crippen LogP contribution is -2.06. The van der Waals surface area contributed by atoms with E-state index in [1.807, 2.05) is 26.1 Å². The Morgan fingerprint density at radius 3 is 2.88 bits per heavy atom. The van der Waals surface area contributed by atoms with Crippen LogP contribution in [0.2, 0.25) is 5.02 Å². The summed E-state index contributed by atoms with van der Waals surface area (Å²) >= 11 is 5.91. The molecule has 2 unspecified atom stereocenters. The fourth-order valence-electron chi connectivity index (χ4n) is 3.81. The summed E-state index contributed by atoms with van der Waals surface area (Å²) in [6.07, 6.45) is 8.31. The first-order valence-corrected chi connectivity index (χ1v) is 9.16. The van der Waals surface area contributed by atoms with Gasteiger partial charge in [-0.2, -0.15) is 0 Å². The zero-order valence-electron chi connectivity index (χ0n) is 14.8. The van der Waals surface area contributed by atoms with Gasteiger partial charge in [-0.3, -0.25) is 0 Å². The quantitative estimate of drug-likeness (QED) is 0.534. The van der Waals surface area contributed by atoms with Crippen molar-refractivity contribution in [3.63, 3.8) is 0 Å².